The van der Waals surface area contributed by atoms with Crippen LogP contribution in [0, 0.1) is 19.8 Å². The number of aryl methyl sites for hydroxylation is 2. The zero-order valence-electron chi connectivity index (χ0n) is 15.3. The standard InChI is InChI=1S/C20H24N4OS/c1-14-8-9-17(12-15(14)2)23-10-11-24-18(19(23)25)21-22-20(24)26-13-16-6-4-3-5-7-16/h8-12,16H,3-7,13H2,1-2H3. The van der Waals surface area contributed by atoms with Crippen LogP contribution in [-0.2, 0) is 0 Å². The van der Waals surface area contributed by atoms with Crippen molar-refractivity contribution in [1.29, 1.82) is 0 Å². The Balaban J connectivity index is 1.62. The van der Waals surface area contributed by atoms with Gasteiger partial charge in [-0.05, 0) is 55.9 Å². The summed E-state index contributed by atoms with van der Waals surface area (Å²) in [5.41, 5.74) is 3.50. The normalized spacial score (nSPS) is 15.6. The van der Waals surface area contributed by atoms with Gasteiger partial charge in [0.1, 0.15) is 0 Å². The number of hydrogen-bond acceptors (Lipinski definition) is 4. The fourth-order valence-corrected chi connectivity index (χ4v) is 4.69. The van der Waals surface area contributed by atoms with E-state index < -0.39 is 0 Å². The minimum absolute atomic E-state index is 0.132. The molecule has 26 heavy (non-hydrogen) atoms. The smallest absolute Gasteiger partial charge is 0.280 e. The van der Waals surface area contributed by atoms with Gasteiger partial charge in [0.2, 0.25) is 5.65 Å². The second-order valence-corrected chi connectivity index (χ2v) is 8.22. The van der Waals surface area contributed by atoms with Crippen molar-refractivity contribution >= 4 is 17.4 Å². The van der Waals surface area contributed by atoms with Crippen LogP contribution in [0.5, 0.6) is 0 Å². The molecule has 0 N–H and O–H groups in total. The van der Waals surface area contributed by atoms with Crippen molar-refractivity contribution in [2.45, 2.75) is 51.1 Å². The molecule has 0 saturated heterocycles. The highest BCUT2D eigenvalue weighted by Gasteiger charge is 2.17. The second-order valence-electron chi connectivity index (χ2n) is 7.23. The van der Waals surface area contributed by atoms with Crippen LogP contribution in [0.15, 0.2) is 40.5 Å². The van der Waals surface area contributed by atoms with Crippen LogP contribution in [0.25, 0.3) is 11.3 Å². The predicted molar refractivity (Wildman–Crippen MR) is 105 cm³/mol. The summed E-state index contributed by atoms with van der Waals surface area (Å²) in [7, 11) is 0. The Morgan fingerprint density at radius 1 is 1.08 bits per heavy atom. The third-order valence-corrected chi connectivity index (χ3v) is 6.56. The molecule has 4 rings (SSSR count). The zero-order chi connectivity index (χ0) is 18.1. The van der Waals surface area contributed by atoms with Crippen molar-refractivity contribution in [3.63, 3.8) is 0 Å². The maximum absolute atomic E-state index is 12.9. The van der Waals surface area contributed by atoms with Gasteiger partial charge in [0.25, 0.3) is 0 Å². The molecule has 5 nitrogen and oxygen atoms in total. The minimum atomic E-state index is -0.132. The lowest BCUT2D eigenvalue weighted by atomic mass is 9.91. The van der Waals surface area contributed by atoms with Gasteiger partial charge in [-0.25, -0.2) is 0 Å². The summed E-state index contributed by atoms with van der Waals surface area (Å²) >= 11 is 1.72. The summed E-state index contributed by atoms with van der Waals surface area (Å²) in [6.45, 7) is 4.12. The maximum atomic E-state index is 12.9. The van der Waals surface area contributed by atoms with Gasteiger partial charge in [-0.1, -0.05) is 37.1 Å². The summed E-state index contributed by atoms with van der Waals surface area (Å²) in [5.74, 6) is 1.82. The van der Waals surface area contributed by atoms with Gasteiger partial charge in [-0.15, -0.1) is 10.2 Å². The fourth-order valence-electron chi connectivity index (χ4n) is 3.59. The van der Waals surface area contributed by atoms with E-state index in [1.54, 1.807) is 16.3 Å². The summed E-state index contributed by atoms with van der Waals surface area (Å²) in [6, 6.07) is 6.04. The van der Waals surface area contributed by atoms with E-state index >= 15 is 0 Å². The maximum Gasteiger partial charge on any atom is 0.300 e. The van der Waals surface area contributed by atoms with Crippen molar-refractivity contribution in [2.24, 2.45) is 5.92 Å². The molecule has 1 aliphatic carbocycles. The number of aromatic nitrogens is 4. The van der Waals surface area contributed by atoms with Crippen molar-refractivity contribution in [2.75, 3.05) is 5.75 Å². The van der Waals surface area contributed by atoms with Crippen LogP contribution in [0.2, 0.25) is 0 Å². The highest BCUT2D eigenvalue weighted by Crippen LogP contribution is 2.29. The molecule has 0 amide bonds. The van der Waals surface area contributed by atoms with Gasteiger partial charge < -0.3 is 0 Å². The van der Waals surface area contributed by atoms with E-state index in [2.05, 4.69) is 24.0 Å². The molecule has 1 aromatic carbocycles. The Labute approximate surface area is 157 Å². The third-order valence-electron chi connectivity index (χ3n) is 5.38. The molecule has 0 spiro atoms. The van der Waals surface area contributed by atoms with Gasteiger partial charge >= 0.3 is 5.56 Å². The van der Waals surface area contributed by atoms with E-state index in [1.807, 2.05) is 35.0 Å². The van der Waals surface area contributed by atoms with Crippen LogP contribution in [0.3, 0.4) is 0 Å². The molecule has 3 aromatic rings. The van der Waals surface area contributed by atoms with E-state index in [0.717, 1.165) is 22.5 Å². The fraction of sp³-hybridized carbons (Fsp3) is 0.450. The molecule has 0 unspecified atom stereocenters. The van der Waals surface area contributed by atoms with Crippen LogP contribution in [0.4, 0.5) is 0 Å². The first-order chi connectivity index (χ1) is 12.6. The highest BCUT2D eigenvalue weighted by atomic mass is 32.2. The quantitative estimate of drug-likeness (QED) is 0.649. The zero-order valence-corrected chi connectivity index (χ0v) is 16.1. The van der Waals surface area contributed by atoms with Crippen LogP contribution in [-0.4, -0.2) is 24.9 Å². The molecule has 1 fully saturated rings. The van der Waals surface area contributed by atoms with Crippen LogP contribution < -0.4 is 5.56 Å². The first-order valence-electron chi connectivity index (χ1n) is 9.30. The molecular formula is C20H24N4OS. The molecule has 136 valence electrons. The lowest BCUT2D eigenvalue weighted by molar-refractivity contribution is 0.390. The molecule has 2 aromatic heterocycles. The van der Waals surface area contributed by atoms with E-state index in [4.69, 9.17) is 0 Å². The Kier molecular flexibility index (Phi) is 4.85. The monoisotopic (exact) mass is 368 g/mol. The first-order valence-corrected chi connectivity index (χ1v) is 10.3. The number of rotatable bonds is 4. The molecule has 1 aliphatic rings. The van der Waals surface area contributed by atoms with Crippen molar-refractivity contribution < 1.29 is 0 Å². The SMILES string of the molecule is Cc1ccc(-n2ccn3c(SCC4CCCCC4)nnc3c2=O)cc1C. The molecule has 0 radical (unpaired) electrons. The summed E-state index contributed by atoms with van der Waals surface area (Å²) in [6.07, 6.45) is 10.4. The van der Waals surface area contributed by atoms with Crippen molar-refractivity contribution in [3.05, 3.63) is 52.1 Å². The van der Waals surface area contributed by atoms with Gasteiger partial charge in [0.15, 0.2) is 5.16 Å². The van der Waals surface area contributed by atoms with Gasteiger partial charge in [0.05, 0.1) is 0 Å². The summed E-state index contributed by atoms with van der Waals surface area (Å²) in [4.78, 5) is 12.9. The number of thioether (sulfide) groups is 1. The third kappa shape index (κ3) is 3.30. The minimum Gasteiger partial charge on any atom is -0.280 e. The average molecular weight is 369 g/mol. The van der Waals surface area contributed by atoms with E-state index in [9.17, 15) is 4.79 Å². The molecule has 1 saturated carbocycles. The number of fused-ring (bicyclic) bond motifs is 1. The van der Waals surface area contributed by atoms with Gasteiger partial charge in [-0.2, -0.15) is 0 Å². The molecule has 0 aliphatic heterocycles. The molecular weight excluding hydrogens is 344 g/mol. The second kappa shape index (κ2) is 7.27. The lowest BCUT2D eigenvalue weighted by Crippen LogP contribution is -2.20. The van der Waals surface area contributed by atoms with Crippen LogP contribution in [0.1, 0.15) is 43.2 Å². The van der Waals surface area contributed by atoms with Crippen LogP contribution >= 0.6 is 11.8 Å². The predicted octanol–water partition coefficient (Wildman–Crippen LogP) is 4.17. The number of hydrogen-bond donors (Lipinski definition) is 0. The van der Waals surface area contributed by atoms with Crippen molar-refractivity contribution in [1.82, 2.24) is 19.2 Å². The average Bonchev–Trinajstić information content (AvgIpc) is 3.08. The van der Waals surface area contributed by atoms with Gasteiger partial charge in [-0.3, -0.25) is 13.8 Å². The lowest BCUT2D eigenvalue weighted by Gasteiger charge is -2.20. The Morgan fingerprint density at radius 2 is 1.88 bits per heavy atom. The molecule has 0 bridgehead atoms. The number of nitrogens with zero attached hydrogens (tertiary/aromatic N) is 4. The van der Waals surface area contributed by atoms with Crippen molar-refractivity contribution in [3.8, 4) is 5.69 Å². The van der Waals surface area contributed by atoms with E-state index in [-0.39, 0.29) is 5.56 Å². The Morgan fingerprint density at radius 3 is 2.65 bits per heavy atom. The summed E-state index contributed by atoms with van der Waals surface area (Å²) in [5, 5.41) is 9.25. The topological polar surface area (TPSA) is 52.2 Å². The molecule has 0 atom stereocenters. The molecule has 2 heterocycles. The molecule has 6 heteroatoms. The van der Waals surface area contributed by atoms with Gasteiger partial charge in [0, 0.05) is 23.8 Å². The largest absolute Gasteiger partial charge is 0.300 e. The highest BCUT2D eigenvalue weighted by molar-refractivity contribution is 7.99. The Hall–Kier alpha value is -2.08. The Bertz CT molecular complexity index is 985. The first kappa shape index (κ1) is 17.3. The summed E-state index contributed by atoms with van der Waals surface area (Å²) < 4.78 is 3.47. The number of benzene rings is 1. The van der Waals surface area contributed by atoms with E-state index in [0.29, 0.717) is 5.65 Å². The van der Waals surface area contributed by atoms with E-state index in [1.165, 1.54) is 43.2 Å².